The standard InChI is InChI=1S/C51H32N4/c1-2-14-33(15-3-1)49-52-53-50(55(49)36-29-27-35(28-30-36)54-47-24-12-7-19-41(47)42-20-8-13-25-48(42)54)34-26-31-40-39-18-6-11-23-45(39)51(46(40)32-34)43-21-9-4-16-37(43)38-17-5-10-22-44(38)51/h1-32H. The normalized spacial score (nSPS) is 13.2. The maximum atomic E-state index is 4.98. The van der Waals surface area contributed by atoms with E-state index in [1.165, 1.54) is 66.3 Å². The van der Waals surface area contributed by atoms with Crippen molar-refractivity contribution in [2.24, 2.45) is 0 Å². The van der Waals surface area contributed by atoms with Crippen molar-refractivity contribution in [1.29, 1.82) is 0 Å². The number of aromatic nitrogens is 4. The average Bonchev–Trinajstić information content (AvgIpc) is 4.00. The van der Waals surface area contributed by atoms with Crippen LogP contribution in [0.4, 0.5) is 0 Å². The molecule has 0 aliphatic heterocycles. The summed E-state index contributed by atoms with van der Waals surface area (Å²) in [4.78, 5) is 0. The topological polar surface area (TPSA) is 35.6 Å². The zero-order valence-electron chi connectivity index (χ0n) is 29.8. The van der Waals surface area contributed by atoms with Crippen molar-refractivity contribution in [3.8, 4) is 56.4 Å². The van der Waals surface area contributed by atoms with E-state index in [1.807, 2.05) is 6.07 Å². The van der Waals surface area contributed by atoms with Crippen LogP contribution in [0.3, 0.4) is 0 Å². The molecule has 2 aliphatic carbocycles. The molecule has 0 saturated carbocycles. The molecule has 0 amide bonds. The molecule has 0 N–H and O–H groups in total. The van der Waals surface area contributed by atoms with Crippen LogP contribution in [0.2, 0.25) is 0 Å². The molecule has 55 heavy (non-hydrogen) atoms. The number of para-hydroxylation sites is 2. The predicted octanol–water partition coefficient (Wildman–Crippen LogP) is 12.0. The molecule has 0 bridgehead atoms. The van der Waals surface area contributed by atoms with Crippen LogP contribution in [0.15, 0.2) is 194 Å². The van der Waals surface area contributed by atoms with Gasteiger partial charge < -0.3 is 4.57 Å². The van der Waals surface area contributed by atoms with E-state index in [9.17, 15) is 0 Å². The highest BCUT2D eigenvalue weighted by molar-refractivity contribution is 6.09. The first-order chi connectivity index (χ1) is 27.3. The summed E-state index contributed by atoms with van der Waals surface area (Å²) in [5.41, 5.74) is 16.5. The molecule has 4 nitrogen and oxygen atoms in total. The number of rotatable bonds is 4. The van der Waals surface area contributed by atoms with Crippen molar-refractivity contribution in [3.63, 3.8) is 0 Å². The minimum atomic E-state index is -0.438. The molecule has 2 aromatic heterocycles. The van der Waals surface area contributed by atoms with Gasteiger partial charge in [0.15, 0.2) is 11.6 Å². The van der Waals surface area contributed by atoms with Crippen LogP contribution >= 0.6 is 0 Å². The van der Waals surface area contributed by atoms with E-state index >= 15 is 0 Å². The largest absolute Gasteiger partial charge is 0.309 e. The molecule has 2 heterocycles. The number of hydrogen-bond acceptors (Lipinski definition) is 2. The Morgan fingerprint density at radius 3 is 1.33 bits per heavy atom. The summed E-state index contributed by atoms with van der Waals surface area (Å²) in [5, 5.41) is 12.4. The highest BCUT2D eigenvalue weighted by Crippen LogP contribution is 2.63. The van der Waals surface area contributed by atoms with Gasteiger partial charge in [0, 0.05) is 33.3 Å². The summed E-state index contributed by atoms with van der Waals surface area (Å²) in [6.07, 6.45) is 0. The minimum Gasteiger partial charge on any atom is -0.309 e. The lowest BCUT2D eigenvalue weighted by Crippen LogP contribution is -2.25. The van der Waals surface area contributed by atoms with Gasteiger partial charge in [0.2, 0.25) is 0 Å². The third kappa shape index (κ3) is 4.05. The minimum absolute atomic E-state index is 0.438. The second-order valence-electron chi connectivity index (χ2n) is 14.6. The number of fused-ring (bicyclic) bond motifs is 13. The summed E-state index contributed by atoms with van der Waals surface area (Å²) < 4.78 is 4.58. The second kappa shape index (κ2) is 11.3. The van der Waals surface area contributed by atoms with E-state index in [1.54, 1.807) is 0 Å². The summed E-state index contributed by atoms with van der Waals surface area (Å²) >= 11 is 0. The van der Waals surface area contributed by atoms with Crippen LogP contribution in [0, 0.1) is 0 Å². The van der Waals surface area contributed by atoms with Crippen molar-refractivity contribution in [2.75, 3.05) is 0 Å². The molecule has 0 radical (unpaired) electrons. The predicted molar refractivity (Wildman–Crippen MR) is 223 cm³/mol. The van der Waals surface area contributed by atoms with E-state index in [0.717, 1.165) is 34.2 Å². The van der Waals surface area contributed by atoms with Crippen LogP contribution in [0.1, 0.15) is 22.3 Å². The lowest BCUT2D eigenvalue weighted by Gasteiger charge is -2.30. The molecule has 0 fully saturated rings. The van der Waals surface area contributed by atoms with Crippen LogP contribution in [0.25, 0.3) is 78.2 Å². The third-order valence-corrected chi connectivity index (χ3v) is 11.9. The molecule has 8 aromatic carbocycles. The van der Waals surface area contributed by atoms with Crippen LogP contribution < -0.4 is 0 Å². The first-order valence-electron chi connectivity index (χ1n) is 18.8. The Hall–Kier alpha value is -7.30. The zero-order valence-corrected chi connectivity index (χ0v) is 29.8. The summed E-state index contributed by atoms with van der Waals surface area (Å²) in [6, 6.07) is 70.2. The van der Waals surface area contributed by atoms with Crippen LogP contribution in [-0.4, -0.2) is 19.3 Å². The molecular weight excluding hydrogens is 669 g/mol. The van der Waals surface area contributed by atoms with Crippen molar-refractivity contribution in [3.05, 3.63) is 216 Å². The van der Waals surface area contributed by atoms with Crippen LogP contribution in [-0.2, 0) is 5.41 Å². The van der Waals surface area contributed by atoms with E-state index in [2.05, 4.69) is 197 Å². The quantitative estimate of drug-likeness (QED) is 0.183. The van der Waals surface area contributed by atoms with Gasteiger partial charge in [-0.25, -0.2) is 0 Å². The van der Waals surface area contributed by atoms with Gasteiger partial charge in [-0.2, -0.15) is 0 Å². The fourth-order valence-electron chi connectivity index (χ4n) is 9.68. The lowest BCUT2D eigenvalue weighted by molar-refractivity contribution is 0.793. The van der Waals surface area contributed by atoms with Gasteiger partial charge in [0.1, 0.15) is 0 Å². The van der Waals surface area contributed by atoms with Crippen molar-refractivity contribution in [2.45, 2.75) is 5.41 Å². The Labute approximate surface area is 318 Å². The number of benzene rings is 8. The summed E-state index contributed by atoms with van der Waals surface area (Å²) in [5.74, 6) is 1.60. The monoisotopic (exact) mass is 700 g/mol. The van der Waals surface area contributed by atoms with Gasteiger partial charge >= 0.3 is 0 Å². The highest BCUT2D eigenvalue weighted by Gasteiger charge is 2.51. The maximum Gasteiger partial charge on any atom is 0.168 e. The Balaban J connectivity index is 1.07. The molecule has 12 rings (SSSR count). The van der Waals surface area contributed by atoms with Gasteiger partial charge in [-0.15, -0.1) is 10.2 Å². The fourth-order valence-corrected chi connectivity index (χ4v) is 9.68. The van der Waals surface area contributed by atoms with Crippen molar-refractivity contribution < 1.29 is 0 Å². The molecule has 0 saturated heterocycles. The number of hydrogen-bond donors (Lipinski definition) is 0. The van der Waals surface area contributed by atoms with Crippen LogP contribution in [0.5, 0.6) is 0 Å². The van der Waals surface area contributed by atoms with Crippen molar-refractivity contribution in [1.82, 2.24) is 19.3 Å². The zero-order chi connectivity index (χ0) is 36.1. The molecule has 0 atom stereocenters. The SMILES string of the molecule is c1ccc(-c2nnc(-c3ccc4c(c3)C3(c5ccccc5-c5ccccc53)c3ccccc3-4)n2-c2ccc(-n3c4ccccc4c4ccccc43)cc2)cc1. The Morgan fingerprint density at radius 1 is 0.327 bits per heavy atom. The van der Waals surface area contributed by atoms with Gasteiger partial charge in [-0.1, -0.05) is 152 Å². The van der Waals surface area contributed by atoms with E-state index in [-0.39, 0.29) is 0 Å². The first kappa shape index (κ1) is 30.2. The molecule has 10 aromatic rings. The van der Waals surface area contributed by atoms with Gasteiger partial charge in [-0.3, -0.25) is 4.57 Å². The number of nitrogens with zero attached hydrogens (tertiary/aromatic N) is 4. The second-order valence-corrected chi connectivity index (χ2v) is 14.6. The third-order valence-electron chi connectivity index (χ3n) is 11.9. The van der Waals surface area contributed by atoms with E-state index in [4.69, 9.17) is 10.2 Å². The maximum absolute atomic E-state index is 4.98. The molecule has 4 heteroatoms. The summed E-state index contributed by atoms with van der Waals surface area (Å²) in [6.45, 7) is 0. The average molecular weight is 701 g/mol. The molecule has 2 aliphatic rings. The van der Waals surface area contributed by atoms with Gasteiger partial charge in [0.25, 0.3) is 0 Å². The molecule has 256 valence electrons. The lowest BCUT2D eigenvalue weighted by atomic mass is 9.70. The molecular formula is C51H32N4. The first-order valence-corrected chi connectivity index (χ1v) is 18.8. The molecule has 1 spiro atoms. The van der Waals surface area contributed by atoms with E-state index < -0.39 is 5.41 Å². The fraction of sp³-hybridized carbons (Fsp3) is 0.0196. The Morgan fingerprint density at radius 2 is 0.764 bits per heavy atom. The van der Waals surface area contributed by atoms with E-state index in [0.29, 0.717) is 0 Å². The smallest absolute Gasteiger partial charge is 0.168 e. The molecule has 0 unspecified atom stereocenters. The Kier molecular flexibility index (Phi) is 6.23. The summed E-state index contributed by atoms with van der Waals surface area (Å²) in [7, 11) is 0. The van der Waals surface area contributed by atoms with Gasteiger partial charge in [-0.05, 0) is 87.0 Å². The van der Waals surface area contributed by atoms with Gasteiger partial charge in [0.05, 0.1) is 16.4 Å². The highest BCUT2D eigenvalue weighted by atomic mass is 15.3. The van der Waals surface area contributed by atoms with Crippen molar-refractivity contribution >= 4 is 21.8 Å². The Bertz CT molecular complexity index is 3030.